The van der Waals surface area contributed by atoms with Crippen LogP contribution in [-0.4, -0.2) is 42.8 Å². The second-order valence-corrected chi connectivity index (χ2v) is 6.31. The minimum Gasteiger partial charge on any atom is -0.374 e. The molecule has 2 unspecified atom stereocenters. The molecule has 0 spiro atoms. The first-order valence-corrected chi connectivity index (χ1v) is 7.68. The molecule has 0 bridgehead atoms. The highest BCUT2D eigenvalue weighted by atomic mass is 32.1. The minimum atomic E-state index is 0.147. The smallest absolute Gasteiger partial charge is 0.0853 e. The molecular formula is C14H24N2OS. The molecule has 0 aliphatic carbocycles. The van der Waals surface area contributed by atoms with Gasteiger partial charge in [0.25, 0.3) is 0 Å². The lowest BCUT2D eigenvalue weighted by Gasteiger charge is -2.37. The Morgan fingerprint density at radius 1 is 1.56 bits per heavy atom. The quantitative estimate of drug-likeness (QED) is 0.889. The van der Waals surface area contributed by atoms with Gasteiger partial charge in [-0.2, -0.15) is 0 Å². The summed E-state index contributed by atoms with van der Waals surface area (Å²) in [6.07, 6.45) is 2.28. The summed E-state index contributed by atoms with van der Waals surface area (Å²) in [6, 6.07) is 5.01. The van der Waals surface area contributed by atoms with Crippen LogP contribution in [0.25, 0.3) is 0 Å². The van der Waals surface area contributed by atoms with Crippen molar-refractivity contribution in [3.63, 3.8) is 0 Å². The maximum atomic E-state index is 6.28. The van der Waals surface area contributed by atoms with Gasteiger partial charge in [0.05, 0.1) is 12.7 Å². The molecule has 0 aromatic carbocycles. The molecule has 1 aromatic rings. The first-order valence-electron chi connectivity index (χ1n) is 6.80. The van der Waals surface area contributed by atoms with E-state index in [1.165, 1.54) is 4.88 Å². The maximum Gasteiger partial charge on any atom is 0.0853 e. The van der Waals surface area contributed by atoms with Gasteiger partial charge in [-0.1, -0.05) is 6.07 Å². The summed E-state index contributed by atoms with van der Waals surface area (Å²) in [7, 11) is 0. The van der Waals surface area contributed by atoms with Crippen molar-refractivity contribution in [2.75, 3.05) is 19.7 Å². The summed E-state index contributed by atoms with van der Waals surface area (Å²) >= 11 is 1.81. The molecule has 1 fully saturated rings. The Bertz CT molecular complexity index is 340. The van der Waals surface area contributed by atoms with Gasteiger partial charge in [0, 0.05) is 30.1 Å². The van der Waals surface area contributed by atoms with Crippen LogP contribution < -0.4 is 5.73 Å². The van der Waals surface area contributed by atoms with Crippen LogP contribution in [0, 0.1) is 0 Å². The third kappa shape index (κ3) is 3.79. The van der Waals surface area contributed by atoms with Crippen LogP contribution in [-0.2, 0) is 11.2 Å². The molecule has 0 saturated carbocycles. The molecule has 3 nitrogen and oxygen atoms in total. The summed E-state index contributed by atoms with van der Waals surface area (Å²) in [5.74, 6) is 0. The normalized spacial score (nSPS) is 23.4. The van der Waals surface area contributed by atoms with E-state index in [4.69, 9.17) is 10.5 Å². The molecule has 1 aliphatic heterocycles. The van der Waals surface area contributed by atoms with E-state index in [9.17, 15) is 0 Å². The predicted octanol–water partition coefficient (Wildman–Crippen LogP) is 2.12. The van der Waals surface area contributed by atoms with Gasteiger partial charge in [-0.15, -0.1) is 11.3 Å². The lowest BCUT2D eigenvalue weighted by molar-refractivity contribution is -0.0505. The molecule has 2 atom stereocenters. The molecule has 2 N–H and O–H groups in total. The van der Waals surface area contributed by atoms with Crippen molar-refractivity contribution in [2.45, 2.75) is 44.9 Å². The Morgan fingerprint density at radius 3 is 3.06 bits per heavy atom. The molecule has 2 rings (SSSR count). The number of hydrogen-bond acceptors (Lipinski definition) is 4. The Labute approximate surface area is 114 Å². The lowest BCUT2D eigenvalue weighted by atomic mass is 10.0. The highest BCUT2D eigenvalue weighted by Gasteiger charge is 2.26. The first-order chi connectivity index (χ1) is 8.66. The van der Waals surface area contributed by atoms with Crippen molar-refractivity contribution in [3.05, 3.63) is 22.4 Å². The van der Waals surface area contributed by atoms with Crippen LogP contribution in [0.4, 0.5) is 0 Å². The fourth-order valence-corrected chi connectivity index (χ4v) is 3.10. The molecular weight excluding hydrogens is 244 g/mol. The Kier molecular flexibility index (Phi) is 5.18. The summed E-state index contributed by atoms with van der Waals surface area (Å²) in [5.41, 5.74) is 6.28. The van der Waals surface area contributed by atoms with E-state index in [1.54, 1.807) is 0 Å². The van der Waals surface area contributed by atoms with E-state index in [0.717, 1.165) is 32.5 Å². The number of nitrogens with zero attached hydrogens (tertiary/aromatic N) is 1. The van der Waals surface area contributed by atoms with Crippen LogP contribution >= 0.6 is 11.3 Å². The van der Waals surface area contributed by atoms with Gasteiger partial charge in [-0.3, -0.25) is 4.90 Å². The van der Waals surface area contributed by atoms with Crippen molar-refractivity contribution in [2.24, 2.45) is 5.73 Å². The molecule has 18 heavy (non-hydrogen) atoms. The van der Waals surface area contributed by atoms with Gasteiger partial charge < -0.3 is 10.5 Å². The SMILES string of the molecule is CC(C)N1CCOC(C(N)CCc2cccs2)C1. The Balaban J connectivity index is 1.79. The van der Waals surface area contributed by atoms with E-state index in [-0.39, 0.29) is 12.1 Å². The van der Waals surface area contributed by atoms with Crippen LogP contribution in [0.3, 0.4) is 0 Å². The topological polar surface area (TPSA) is 38.5 Å². The fourth-order valence-electron chi connectivity index (χ4n) is 2.37. The lowest BCUT2D eigenvalue weighted by Crippen LogP contribution is -2.52. The van der Waals surface area contributed by atoms with E-state index in [2.05, 4.69) is 36.3 Å². The second-order valence-electron chi connectivity index (χ2n) is 5.28. The third-order valence-corrected chi connectivity index (χ3v) is 4.57. The van der Waals surface area contributed by atoms with Crippen LogP contribution in [0.1, 0.15) is 25.1 Å². The van der Waals surface area contributed by atoms with Gasteiger partial charge in [0.2, 0.25) is 0 Å². The number of hydrogen-bond donors (Lipinski definition) is 1. The number of aryl methyl sites for hydroxylation is 1. The number of thiophene rings is 1. The molecule has 1 aromatic heterocycles. The van der Waals surface area contributed by atoms with Crippen molar-refractivity contribution in [3.8, 4) is 0 Å². The summed E-state index contributed by atoms with van der Waals surface area (Å²) < 4.78 is 5.83. The Morgan fingerprint density at radius 2 is 2.39 bits per heavy atom. The Hall–Kier alpha value is -0.420. The number of morpholine rings is 1. The van der Waals surface area contributed by atoms with Gasteiger partial charge in [0.15, 0.2) is 0 Å². The van der Waals surface area contributed by atoms with E-state index in [0.29, 0.717) is 6.04 Å². The minimum absolute atomic E-state index is 0.147. The monoisotopic (exact) mass is 268 g/mol. The zero-order valence-electron chi connectivity index (χ0n) is 11.3. The van der Waals surface area contributed by atoms with Crippen molar-refractivity contribution >= 4 is 11.3 Å². The van der Waals surface area contributed by atoms with Crippen LogP contribution in [0.15, 0.2) is 17.5 Å². The second kappa shape index (κ2) is 6.66. The fraction of sp³-hybridized carbons (Fsp3) is 0.714. The zero-order valence-corrected chi connectivity index (χ0v) is 12.2. The van der Waals surface area contributed by atoms with Gasteiger partial charge in [-0.05, 0) is 38.1 Å². The summed E-state index contributed by atoms with van der Waals surface area (Å²) in [6.45, 7) is 7.30. The maximum absolute atomic E-state index is 6.28. The molecule has 2 heterocycles. The molecule has 0 radical (unpaired) electrons. The highest BCUT2D eigenvalue weighted by Crippen LogP contribution is 2.16. The first kappa shape index (κ1) is 14.0. The summed E-state index contributed by atoms with van der Waals surface area (Å²) in [4.78, 5) is 3.88. The van der Waals surface area contributed by atoms with Gasteiger partial charge in [-0.25, -0.2) is 0 Å². The van der Waals surface area contributed by atoms with Crippen molar-refractivity contribution < 1.29 is 4.74 Å². The molecule has 0 amide bonds. The zero-order chi connectivity index (χ0) is 13.0. The highest BCUT2D eigenvalue weighted by molar-refractivity contribution is 7.09. The molecule has 1 saturated heterocycles. The van der Waals surface area contributed by atoms with Gasteiger partial charge in [0.1, 0.15) is 0 Å². The molecule has 102 valence electrons. The van der Waals surface area contributed by atoms with Crippen LogP contribution in [0.2, 0.25) is 0 Å². The van der Waals surface area contributed by atoms with E-state index < -0.39 is 0 Å². The molecule has 1 aliphatic rings. The number of nitrogens with two attached hydrogens (primary N) is 1. The average Bonchev–Trinajstić information content (AvgIpc) is 2.89. The number of ether oxygens (including phenoxy) is 1. The average molecular weight is 268 g/mol. The van der Waals surface area contributed by atoms with Crippen LogP contribution in [0.5, 0.6) is 0 Å². The van der Waals surface area contributed by atoms with Crippen molar-refractivity contribution in [1.29, 1.82) is 0 Å². The molecule has 4 heteroatoms. The predicted molar refractivity (Wildman–Crippen MR) is 77.1 cm³/mol. The van der Waals surface area contributed by atoms with E-state index >= 15 is 0 Å². The largest absolute Gasteiger partial charge is 0.374 e. The third-order valence-electron chi connectivity index (χ3n) is 3.64. The van der Waals surface area contributed by atoms with Gasteiger partial charge >= 0.3 is 0 Å². The van der Waals surface area contributed by atoms with Crippen molar-refractivity contribution in [1.82, 2.24) is 4.90 Å². The number of rotatable bonds is 5. The van der Waals surface area contributed by atoms with E-state index in [1.807, 2.05) is 11.3 Å². The summed E-state index contributed by atoms with van der Waals surface area (Å²) in [5, 5.41) is 2.12. The standard InChI is InChI=1S/C14H24N2OS/c1-11(2)16-7-8-17-14(10-16)13(15)6-5-12-4-3-9-18-12/h3-4,9,11,13-14H,5-8,10,15H2,1-2H3.